The normalized spacial score (nSPS) is 25.8. The number of aryl methyl sites for hydroxylation is 2. The number of likely N-dealkylation sites (tertiary alicyclic amines) is 1. The molecule has 3 heteroatoms. The van der Waals surface area contributed by atoms with Crippen LogP contribution in [-0.4, -0.2) is 28.6 Å². The van der Waals surface area contributed by atoms with Gasteiger partial charge in [-0.1, -0.05) is 31.5 Å². The van der Waals surface area contributed by atoms with Crippen LogP contribution >= 0.6 is 0 Å². The summed E-state index contributed by atoms with van der Waals surface area (Å²) in [6.45, 7) is 3.85. The molecule has 2 aliphatic rings. The number of aliphatic carboxylic acids is 1. The number of benzene rings is 1. The van der Waals surface area contributed by atoms with Crippen LogP contribution in [0.4, 0.5) is 0 Å². The van der Waals surface area contributed by atoms with Crippen LogP contribution in [0.25, 0.3) is 0 Å². The monoisotopic (exact) mass is 287 g/mol. The van der Waals surface area contributed by atoms with E-state index in [-0.39, 0.29) is 6.04 Å². The Balaban J connectivity index is 1.72. The molecule has 1 aliphatic carbocycles. The molecule has 1 heterocycles. The van der Waals surface area contributed by atoms with E-state index in [0.717, 1.165) is 32.4 Å². The summed E-state index contributed by atoms with van der Waals surface area (Å²) in [6, 6.07) is 6.42. The van der Waals surface area contributed by atoms with Crippen molar-refractivity contribution in [3.63, 3.8) is 0 Å². The van der Waals surface area contributed by atoms with Crippen molar-refractivity contribution in [2.45, 2.75) is 58.0 Å². The second-order valence-corrected chi connectivity index (χ2v) is 6.58. The Bertz CT molecular complexity index is 526. The standard InChI is InChI=1S/C18H25NO2/c1-2-13-8-9-19(17(11-13)18(20)21)12-14-6-7-15-4-3-5-16(15)10-14/h6-7,10,13,17H,2-5,8-9,11-12H2,1H3,(H,20,21). The van der Waals surface area contributed by atoms with Crippen LogP contribution in [0.5, 0.6) is 0 Å². The molecule has 0 aromatic heterocycles. The van der Waals surface area contributed by atoms with Gasteiger partial charge in [0.25, 0.3) is 0 Å². The molecule has 1 aromatic rings. The zero-order valence-corrected chi connectivity index (χ0v) is 12.8. The maximum absolute atomic E-state index is 11.6. The first-order valence-corrected chi connectivity index (χ1v) is 8.25. The number of rotatable bonds is 4. The topological polar surface area (TPSA) is 40.5 Å². The van der Waals surface area contributed by atoms with Crippen LogP contribution in [0.1, 0.15) is 49.3 Å². The highest BCUT2D eigenvalue weighted by Crippen LogP contribution is 2.28. The molecule has 1 saturated heterocycles. The fraction of sp³-hybridized carbons (Fsp3) is 0.611. The van der Waals surface area contributed by atoms with Gasteiger partial charge < -0.3 is 5.11 Å². The summed E-state index contributed by atoms with van der Waals surface area (Å²) in [5.74, 6) is -0.0864. The van der Waals surface area contributed by atoms with E-state index in [1.807, 2.05) is 0 Å². The van der Waals surface area contributed by atoms with Gasteiger partial charge in [-0.3, -0.25) is 9.69 Å². The van der Waals surface area contributed by atoms with Crippen LogP contribution < -0.4 is 0 Å². The second kappa shape index (κ2) is 6.18. The third-order valence-electron chi connectivity index (χ3n) is 5.23. The van der Waals surface area contributed by atoms with E-state index in [4.69, 9.17) is 0 Å². The highest BCUT2D eigenvalue weighted by molar-refractivity contribution is 5.73. The Morgan fingerprint density at radius 3 is 2.90 bits per heavy atom. The Hall–Kier alpha value is -1.35. The average Bonchev–Trinajstić information content (AvgIpc) is 2.95. The van der Waals surface area contributed by atoms with Crippen molar-refractivity contribution >= 4 is 5.97 Å². The summed E-state index contributed by atoms with van der Waals surface area (Å²) >= 11 is 0. The Morgan fingerprint density at radius 2 is 2.14 bits per heavy atom. The van der Waals surface area contributed by atoms with Crippen molar-refractivity contribution in [2.24, 2.45) is 5.92 Å². The van der Waals surface area contributed by atoms with Crippen LogP contribution in [0, 0.1) is 5.92 Å². The number of hydrogen-bond donors (Lipinski definition) is 1. The highest BCUT2D eigenvalue weighted by Gasteiger charge is 2.32. The number of piperidine rings is 1. The predicted octanol–water partition coefficient (Wildman–Crippen LogP) is 3.25. The molecule has 2 unspecified atom stereocenters. The van der Waals surface area contributed by atoms with E-state index in [2.05, 4.69) is 30.0 Å². The molecule has 21 heavy (non-hydrogen) atoms. The maximum Gasteiger partial charge on any atom is 0.320 e. The molecule has 1 aromatic carbocycles. The summed E-state index contributed by atoms with van der Waals surface area (Å²) in [7, 11) is 0. The first-order chi connectivity index (χ1) is 10.2. The third-order valence-corrected chi connectivity index (χ3v) is 5.23. The van der Waals surface area contributed by atoms with E-state index < -0.39 is 5.97 Å². The lowest BCUT2D eigenvalue weighted by Gasteiger charge is -2.37. The van der Waals surface area contributed by atoms with E-state index in [1.54, 1.807) is 0 Å². The largest absolute Gasteiger partial charge is 0.480 e. The van der Waals surface area contributed by atoms with E-state index in [0.29, 0.717) is 5.92 Å². The lowest BCUT2D eigenvalue weighted by molar-refractivity contribution is -0.145. The Labute approximate surface area is 127 Å². The summed E-state index contributed by atoms with van der Waals surface area (Å²) in [5.41, 5.74) is 4.23. The summed E-state index contributed by atoms with van der Waals surface area (Å²) in [5, 5.41) is 9.51. The van der Waals surface area contributed by atoms with Crippen molar-refractivity contribution in [1.29, 1.82) is 0 Å². The maximum atomic E-state index is 11.6. The molecule has 1 N–H and O–H groups in total. The number of fused-ring (bicyclic) bond motifs is 1. The number of hydrogen-bond acceptors (Lipinski definition) is 2. The number of carbonyl (C=O) groups is 1. The first kappa shape index (κ1) is 14.6. The molecular weight excluding hydrogens is 262 g/mol. The minimum absolute atomic E-state index is 0.308. The van der Waals surface area contributed by atoms with Crippen LogP contribution in [0.2, 0.25) is 0 Å². The van der Waals surface area contributed by atoms with Crippen LogP contribution in [0.3, 0.4) is 0 Å². The van der Waals surface area contributed by atoms with Gasteiger partial charge in [0.05, 0.1) is 0 Å². The van der Waals surface area contributed by atoms with E-state index in [1.165, 1.54) is 36.0 Å². The molecule has 3 nitrogen and oxygen atoms in total. The summed E-state index contributed by atoms with van der Waals surface area (Å²) in [4.78, 5) is 13.7. The van der Waals surface area contributed by atoms with Gasteiger partial charge in [0.15, 0.2) is 0 Å². The van der Waals surface area contributed by atoms with Gasteiger partial charge in [-0.25, -0.2) is 0 Å². The SMILES string of the molecule is CCC1CCN(Cc2ccc3c(c2)CCC3)C(C(=O)O)C1. The molecule has 1 fully saturated rings. The van der Waals surface area contributed by atoms with Gasteiger partial charge in [-0.05, 0) is 61.3 Å². The van der Waals surface area contributed by atoms with Crippen molar-refractivity contribution in [1.82, 2.24) is 4.90 Å². The van der Waals surface area contributed by atoms with Gasteiger partial charge in [0.1, 0.15) is 6.04 Å². The smallest absolute Gasteiger partial charge is 0.320 e. The summed E-state index contributed by atoms with van der Waals surface area (Å²) in [6.07, 6.45) is 6.68. The number of carboxylic acid groups (broad SMARTS) is 1. The van der Waals surface area contributed by atoms with Crippen molar-refractivity contribution in [2.75, 3.05) is 6.54 Å². The van der Waals surface area contributed by atoms with E-state index in [9.17, 15) is 9.90 Å². The quantitative estimate of drug-likeness (QED) is 0.924. The predicted molar refractivity (Wildman–Crippen MR) is 83.3 cm³/mol. The van der Waals surface area contributed by atoms with Gasteiger partial charge >= 0.3 is 5.97 Å². The molecule has 3 rings (SSSR count). The molecule has 0 radical (unpaired) electrons. The molecule has 1 aliphatic heterocycles. The fourth-order valence-corrected chi connectivity index (χ4v) is 3.86. The molecule has 114 valence electrons. The first-order valence-electron chi connectivity index (χ1n) is 8.25. The highest BCUT2D eigenvalue weighted by atomic mass is 16.4. The Morgan fingerprint density at radius 1 is 1.33 bits per heavy atom. The molecule has 0 saturated carbocycles. The number of carboxylic acids is 1. The zero-order chi connectivity index (χ0) is 14.8. The van der Waals surface area contributed by atoms with Crippen molar-refractivity contribution < 1.29 is 9.90 Å². The lowest BCUT2D eigenvalue weighted by atomic mass is 9.88. The lowest BCUT2D eigenvalue weighted by Crippen LogP contribution is -2.46. The Kier molecular flexibility index (Phi) is 4.29. The third kappa shape index (κ3) is 3.13. The minimum Gasteiger partial charge on any atom is -0.480 e. The van der Waals surface area contributed by atoms with Gasteiger partial charge in [-0.2, -0.15) is 0 Å². The van der Waals surface area contributed by atoms with Crippen LogP contribution in [0.15, 0.2) is 18.2 Å². The van der Waals surface area contributed by atoms with Gasteiger partial charge in [0, 0.05) is 6.54 Å². The van der Waals surface area contributed by atoms with Crippen molar-refractivity contribution in [3.05, 3.63) is 34.9 Å². The van der Waals surface area contributed by atoms with E-state index >= 15 is 0 Å². The second-order valence-electron chi connectivity index (χ2n) is 6.58. The molecule has 0 spiro atoms. The molecule has 0 bridgehead atoms. The van der Waals surface area contributed by atoms with Gasteiger partial charge in [0.2, 0.25) is 0 Å². The number of nitrogens with zero attached hydrogens (tertiary/aromatic N) is 1. The minimum atomic E-state index is -0.658. The van der Waals surface area contributed by atoms with Crippen LogP contribution in [-0.2, 0) is 24.2 Å². The average molecular weight is 287 g/mol. The van der Waals surface area contributed by atoms with Gasteiger partial charge in [-0.15, -0.1) is 0 Å². The molecular formula is C18H25NO2. The molecule has 2 atom stereocenters. The molecule has 0 amide bonds. The van der Waals surface area contributed by atoms with Crippen molar-refractivity contribution in [3.8, 4) is 0 Å². The fourth-order valence-electron chi connectivity index (χ4n) is 3.86. The zero-order valence-electron chi connectivity index (χ0n) is 12.8. The summed E-state index contributed by atoms with van der Waals surface area (Å²) < 4.78 is 0.